The van der Waals surface area contributed by atoms with Crippen LogP contribution in [-0.2, 0) is 6.42 Å². The number of nitrogens with zero attached hydrogens (tertiary/aromatic N) is 1. The van der Waals surface area contributed by atoms with Crippen molar-refractivity contribution in [3.63, 3.8) is 0 Å². The van der Waals surface area contributed by atoms with Crippen LogP contribution in [0.5, 0.6) is 0 Å². The molecular formula is C11H14FN. The van der Waals surface area contributed by atoms with Crippen molar-refractivity contribution in [2.75, 3.05) is 0 Å². The molecule has 0 aromatic carbocycles. The van der Waals surface area contributed by atoms with Gasteiger partial charge in [-0.15, -0.1) is 0 Å². The van der Waals surface area contributed by atoms with Crippen molar-refractivity contribution < 1.29 is 4.39 Å². The van der Waals surface area contributed by atoms with E-state index >= 15 is 0 Å². The predicted octanol–water partition coefficient (Wildman–Crippen LogP) is 2.97. The van der Waals surface area contributed by atoms with Crippen LogP contribution >= 0.6 is 0 Å². The number of halogens is 1. The van der Waals surface area contributed by atoms with Gasteiger partial charge in [-0.1, -0.05) is 6.92 Å². The molecule has 70 valence electrons. The van der Waals surface area contributed by atoms with E-state index in [1.165, 1.54) is 0 Å². The van der Waals surface area contributed by atoms with E-state index in [1.54, 1.807) is 0 Å². The summed E-state index contributed by atoms with van der Waals surface area (Å²) in [7, 11) is 0. The summed E-state index contributed by atoms with van der Waals surface area (Å²) in [6, 6.07) is 1.85. The first-order valence-electron chi connectivity index (χ1n) is 4.88. The molecule has 1 aliphatic carbocycles. The Balaban J connectivity index is 2.47. The van der Waals surface area contributed by atoms with Gasteiger partial charge in [0.05, 0.1) is 5.69 Å². The molecule has 13 heavy (non-hydrogen) atoms. The van der Waals surface area contributed by atoms with Gasteiger partial charge < -0.3 is 0 Å². The first-order chi connectivity index (χ1) is 6.22. The van der Waals surface area contributed by atoms with Crippen molar-refractivity contribution in [2.24, 2.45) is 0 Å². The van der Waals surface area contributed by atoms with E-state index in [0.29, 0.717) is 11.6 Å². The minimum atomic E-state index is -0.0596. The molecule has 1 saturated carbocycles. The fraction of sp³-hybridized carbons (Fsp3) is 0.545. The first-order valence-corrected chi connectivity index (χ1v) is 4.88. The molecule has 0 atom stereocenters. The van der Waals surface area contributed by atoms with Gasteiger partial charge in [0.15, 0.2) is 0 Å². The molecule has 0 spiro atoms. The van der Waals surface area contributed by atoms with Gasteiger partial charge in [0.1, 0.15) is 5.82 Å². The van der Waals surface area contributed by atoms with Crippen LogP contribution in [0, 0.1) is 12.7 Å². The molecule has 2 rings (SSSR count). The number of aromatic nitrogens is 1. The normalized spacial score (nSPS) is 16.2. The van der Waals surface area contributed by atoms with Gasteiger partial charge in [0.25, 0.3) is 0 Å². The predicted molar refractivity (Wildman–Crippen MR) is 50.3 cm³/mol. The fourth-order valence-electron chi connectivity index (χ4n) is 1.64. The molecule has 0 aliphatic heterocycles. The molecule has 0 saturated heterocycles. The Morgan fingerprint density at radius 3 is 2.77 bits per heavy atom. The highest BCUT2D eigenvalue weighted by atomic mass is 19.1. The zero-order chi connectivity index (χ0) is 9.42. The van der Waals surface area contributed by atoms with E-state index in [0.717, 1.165) is 30.5 Å². The number of hydrogen-bond acceptors (Lipinski definition) is 1. The maximum atomic E-state index is 13.7. The largest absolute Gasteiger partial charge is 0.255 e. The van der Waals surface area contributed by atoms with E-state index < -0.39 is 0 Å². The molecule has 0 bridgehead atoms. The lowest BCUT2D eigenvalue weighted by molar-refractivity contribution is 0.583. The van der Waals surface area contributed by atoms with Crippen molar-refractivity contribution >= 4 is 0 Å². The second-order valence-electron chi connectivity index (χ2n) is 3.75. The van der Waals surface area contributed by atoms with Gasteiger partial charge >= 0.3 is 0 Å². The van der Waals surface area contributed by atoms with E-state index in [-0.39, 0.29) is 5.82 Å². The Morgan fingerprint density at radius 2 is 2.23 bits per heavy atom. The molecule has 1 fully saturated rings. The smallest absolute Gasteiger partial charge is 0.148 e. The van der Waals surface area contributed by atoms with E-state index in [2.05, 4.69) is 4.98 Å². The molecule has 2 heteroatoms. The Hall–Kier alpha value is -0.920. The minimum absolute atomic E-state index is 0.0596. The maximum Gasteiger partial charge on any atom is 0.148 e. The summed E-state index contributed by atoms with van der Waals surface area (Å²) in [6.07, 6.45) is 2.97. The van der Waals surface area contributed by atoms with Crippen LogP contribution < -0.4 is 0 Å². The number of pyridine rings is 1. The average molecular weight is 179 g/mol. The number of aryl methyl sites for hydroxylation is 2. The van der Waals surface area contributed by atoms with Gasteiger partial charge in [-0.25, -0.2) is 4.39 Å². The highest BCUT2D eigenvalue weighted by molar-refractivity contribution is 5.27. The van der Waals surface area contributed by atoms with Crippen LogP contribution in [-0.4, -0.2) is 4.98 Å². The molecule has 0 unspecified atom stereocenters. The van der Waals surface area contributed by atoms with Crippen molar-refractivity contribution in [1.82, 2.24) is 4.98 Å². The Kier molecular flexibility index (Phi) is 2.06. The van der Waals surface area contributed by atoms with Crippen molar-refractivity contribution in [3.8, 4) is 0 Å². The van der Waals surface area contributed by atoms with Crippen molar-refractivity contribution in [1.29, 1.82) is 0 Å². The van der Waals surface area contributed by atoms with Crippen molar-refractivity contribution in [2.45, 2.75) is 39.0 Å². The Labute approximate surface area is 78.0 Å². The van der Waals surface area contributed by atoms with Gasteiger partial charge in [-0.05, 0) is 37.8 Å². The van der Waals surface area contributed by atoms with Gasteiger partial charge in [-0.3, -0.25) is 4.98 Å². The van der Waals surface area contributed by atoms with E-state index in [4.69, 9.17) is 0 Å². The molecule has 1 heterocycles. The lowest BCUT2D eigenvalue weighted by Crippen LogP contribution is -2.00. The monoisotopic (exact) mass is 179 g/mol. The standard InChI is InChI=1S/C11H14FN/c1-3-8-6-7(2)13-11(10(8)12)9-4-5-9/h6,9H,3-5H2,1-2H3. The van der Waals surface area contributed by atoms with Crippen LogP contribution in [0.15, 0.2) is 6.07 Å². The minimum Gasteiger partial charge on any atom is -0.255 e. The molecule has 1 aromatic heterocycles. The van der Waals surface area contributed by atoms with E-state index in [9.17, 15) is 4.39 Å². The van der Waals surface area contributed by atoms with Gasteiger partial charge in [0, 0.05) is 11.6 Å². The lowest BCUT2D eigenvalue weighted by Gasteiger charge is -2.06. The summed E-state index contributed by atoms with van der Waals surface area (Å²) in [4.78, 5) is 4.27. The summed E-state index contributed by atoms with van der Waals surface area (Å²) in [5, 5.41) is 0. The third-order valence-electron chi connectivity index (χ3n) is 2.53. The molecule has 0 radical (unpaired) electrons. The average Bonchev–Trinajstić information content (AvgIpc) is 2.91. The lowest BCUT2D eigenvalue weighted by atomic mass is 10.1. The topological polar surface area (TPSA) is 12.9 Å². The molecule has 1 aromatic rings. The zero-order valence-corrected chi connectivity index (χ0v) is 8.10. The van der Waals surface area contributed by atoms with Crippen LogP contribution in [0.1, 0.15) is 42.6 Å². The van der Waals surface area contributed by atoms with Crippen LogP contribution in [0.3, 0.4) is 0 Å². The highest BCUT2D eigenvalue weighted by Crippen LogP contribution is 2.40. The maximum absolute atomic E-state index is 13.7. The third kappa shape index (κ3) is 1.58. The van der Waals surface area contributed by atoms with Crippen LogP contribution in [0.2, 0.25) is 0 Å². The summed E-state index contributed by atoms with van der Waals surface area (Å²) >= 11 is 0. The van der Waals surface area contributed by atoms with Crippen LogP contribution in [0.25, 0.3) is 0 Å². The Bertz CT molecular complexity index is 329. The summed E-state index contributed by atoms with van der Waals surface area (Å²) in [5.41, 5.74) is 2.46. The van der Waals surface area contributed by atoms with Crippen LogP contribution in [0.4, 0.5) is 4.39 Å². The Morgan fingerprint density at radius 1 is 1.54 bits per heavy atom. The van der Waals surface area contributed by atoms with Crippen molar-refractivity contribution in [3.05, 3.63) is 28.8 Å². The summed E-state index contributed by atoms with van der Waals surface area (Å²) in [6.45, 7) is 3.92. The molecule has 1 aliphatic rings. The molecular weight excluding hydrogens is 165 g/mol. The number of rotatable bonds is 2. The second kappa shape index (κ2) is 3.09. The van der Waals surface area contributed by atoms with Gasteiger partial charge in [-0.2, -0.15) is 0 Å². The summed E-state index contributed by atoms with van der Waals surface area (Å²) in [5.74, 6) is 0.348. The molecule has 0 amide bonds. The van der Waals surface area contributed by atoms with Gasteiger partial charge in [0.2, 0.25) is 0 Å². The quantitative estimate of drug-likeness (QED) is 0.680. The highest BCUT2D eigenvalue weighted by Gasteiger charge is 2.29. The number of hydrogen-bond donors (Lipinski definition) is 0. The fourth-order valence-corrected chi connectivity index (χ4v) is 1.64. The first kappa shape index (κ1) is 8.67. The molecule has 0 N–H and O–H groups in total. The third-order valence-corrected chi connectivity index (χ3v) is 2.53. The zero-order valence-electron chi connectivity index (χ0n) is 8.10. The second-order valence-corrected chi connectivity index (χ2v) is 3.75. The van der Waals surface area contributed by atoms with E-state index in [1.807, 2.05) is 19.9 Å². The summed E-state index contributed by atoms with van der Waals surface area (Å²) < 4.78 is 13.7. The molecule has 1 nitrogen and oxygen atoms in total. The SMILES string of the molecule is CCc1cc(C)nc(C2CC2)c1F.